The largest absolute Gasteiger partial charge is 0.466 e. The number of hydrogen-bond donors (Lipinski definition) is 1. The molecule has 0 spiro atoms. The summed E-state index contributed by atoms with van der Waals surface area (Å²) < 4.78 is 10.9. The van der Waals surface area contributed by atoms with Gasteiger partial charge in [0.25, 0.3) is 12.0 Å². The van der Waals surface area contributed by atoms with E-state index in [1.807, 2.05) is 0 Å². The molecule has 1 aromatic carbocycles. The summed E-state index contributed by atoms with van der Waals surface area (Å²) in [5.74, 6) is -0.758. The maximum Gasteiger partial charge on any atom is 0.357 e. The van der Waals surface area contributed by atoms with Crippen molar-refractivity contribution in [1.29, 1.82) is 0 Å². The Balaban J connectivity index is 2.25. The first-order valence-electron chi connectivity index (χ1n) is 5.05. The maximum absolute atomic E-state index is 11.6. The van der Waals surface area contributed by atoms with E-state index in [0.29, 0.717) is 11.4 Å². The molecule has 1 aromatic rings. The molecule has 1 aliphatic rings. The standard InChI is InChI=1S/C11H10BrNO4/c1-2-16-11(15)9-10(14)13-7-4-3-6(12)5-8(7)17-9/h3-5,9H,2H2,1H3,(H,13,14). The van der Waals surface area contributed by atoms with Crippen molar-refractivity contribution in [2.45, 2.75) is 13.0 Å². The zero-order valence-electron chi connectivity index (χ0n) is 9.03. The van der Waals surface area contributed by atoms with E-state index in [4.69, 9.17) is 9.47 Å². The van der Waals surface area contributed by atoms with Gasteiger partial charge in [0.1, 0.15) is 5.75 Å². The first-order valence-corrected chi connectivity index (χ1v) is 5.85. The molecule has 0 aliphatic carbocycles. The number of hydrogen-bond acceptors (Lipinski definition) is 4. The number of anilines is 1. The molecule has 0 fully saturated rings. The molecule has 0 saturated heterocycles. The van der Waals surface area contributed by atoms with Gasteiger partial charge in [-0.2, -0.15) is 0 Å². The van der Waals surface area contributed by atoms with Gasteiger partial charge in [-0.1, -0.05) is 15.9 Å². The van der Waals surface area contributed by atoms with Crippen LogP contribution < -0.4 is 10.1 Å². The van der Waals surface area contributed by atoms with Gasteiger partial charge in [-0.3, -0.25) is 4.79 Å². The van der Waals surface area contributed by atoms with E-state index < -0.39 is 18.0 Å². The molecule has 0 aromatic heterocycles. The number of carbonyl (C=O) groups is 2. The summed E-state index contributed by atoms with van der Waals surface area (Å²) >= 11 is 3.28. The molecule has 5 nitrogen and oxygen atoms in total. The average molecular weight is 300 g/mol. The third-order valence-electron chi connectivity index (χ3n) is 2.19. The van der Waals surface area contributed by atoms with E-state index in [1.165, 1.54) is 0 Å². The van der Waals surface area contributed by atoms with Gasteiger partial charge in [0.15, 0.2) is 0 Å². The highest BCUT2D eigenvalue weighted by Gasteiger charge is 2.35. The van der Waals surface area contributed by atoms with E-state index in [0.717, 1.165) is 4.47 Å². The lowest BCUT2D eigenvalue weighted by Gasteiger charge is -2.24. The lowest BCUT2D eigenvalue weighted by molar-refractivity contribution is -0.155. The Morgan fingerprint density at radius 3 is 3.06 bits per heavy atom. The lowest BCUT2D eigenvalue weighted by Crippen LogP contribution is -2.43. The Bertz CT molecular complexity index is 475. The van der Waals surface area contributed by atoms with Gasteiger partial charge in [0.2, 0.25) is 0 Å². The van der Waals surface area contributed by atoms with Crippen molar-refractivity contribution in [1.82, 2.24) is 0 Å². The number of halogens is 1. The SMILES string of the molecule is CCOC(=O)C1Oc2cc(Br)ccc2NC1=O. The summed E-state index contributed by atoms with van der Waals surface area (Å²) in [6, 6.07) is 5.15. The molecule has 6 heteroatoms. The van der Waals surface area contributed by atoms with Gasteiger partial charge in [-0.05, 0) is 25.1 Å². The normalized spacial score (nSPS) is 17.8. The monoisotopic (exact) mass is 299 g/mol. The molecular weight excluding hydrogens is 290 g/mol. The minimum atomic E-state index is -1.24. The third kappa shape index (κ3) is 2.41. The highest BCUT2D eigenvalue weighted by Crippen LogP contribution is 2.32. The van der Waals surface area contributed by atoms with E-state index in [9.17, 15) is 9.59 Å². The molecule has 1 unspecified atom stereocenters. The van der Waals surface area contributed by atoms with Crippen molar-refractivity contribution in [3.63, 3.8) is 0 Å². The lowest BCUT2D eigenvalue weighted by atomic mass is 10.2. The quantitative estimate of drug-likeness (QED) is 0.667. The van der Waals surface area contributed by atoms with Crippen LogP contribution in [-0.4, -0.2) is 24.6 Å². The number of fused-ring (bicyclic) bond motifs is 1. The summed E-state index contributed by atoms with van der Waals surface area (Å²) in [4.78, 5) is 23.1. The number of carbonyl (C=O) groups excluding carboxylic acids is 2. The summed E-state index contributed by atoms with van der Waals surface area (Å²) in [7, 11) is 0. The number of amides is 1. The van der Waals surface area contributed by atoms with Crippen LogP contribution in [0.5, 0.6) is 5.75 Å². The van der Waals surface area contributed by atoms with Crippen molar-refractivity contribution < 1.29 is 19.1 Å². The van der Waals surface area contributed by atoms with Crippen LogP contribution in [0, 0.1) is 0 Å². The second-order valence-corrected chi connectivity index (χ2v) is 4.30. The fraction of sp³-hybridized carbons (Fsp3) is 0.273. The van der Waals surface area contributed by atoms with Crippen LogP contribution in [0.3, 0.4) is 0 Å². The predicted molar refractivity (Wildman–Crippen MR) is 63.8 cm³/mol. The Kier molecular flexibility index (Phi) is 3.33. The van der Waals surface area contributed by atoms with Gasteiger partial charge in [-0.15, -0.1) is 0 Å². The summed E-state index contributed by atoms with van der Waals surface area (Å²) in [6.07, 6.45) is -1.24. The van der Waals surface area contributed by atoms with Crippen LogP contribution in [0.15, 0.2) is 22.7 Å². The van der Waals surface area contributed by atoms with Crippen molar-refractivity contribution >= 4 is 33.5 Å². The summed E-state index contributed by atoms with van der Waals surface area (Å²) in [6.45, 7) is 1.88. The van der Waals surface area contributed by atoms with Gasteiger partial charge < -0.3 is 14.8 Å². The van der Waals surface area contributed by atoms with Crippen LogP contribution in [0.1, 0.15) is 6.92 Å². The smallest absolute Gasteiger partial charge is 0.357 e. The number of rotatable bonds is 2. The topological polar surface area (TPSA) is 64.6 Å². The van der Waals surface area contributed by atoms with Crippen LogP contribution >= 0.6 is 15.9 Å². The Hall–Kier alpha value is -1.56. The number of esters is 1. The molecule has 0 bridgehead atoms. The van der Waals surface area contributed by atoms with E-state index in [1.54, 1.807) is 25.1 Å². The van der Waals surface area contributed by atoms with Gasteiger partial charge in [0.05, 0.1) is 12.3 Å². The van der Waals surface area contributed by atoms with Crippen LogP contribution in [0.2, 0.25) is 0 Å². The molecule has 90 valence electrons. The molecular formula is C11H10BrNO4. The average Bonchev–Trinajstić information content (AvgIpc) is 2.29. The minimum absolute atomic E-state index is 0.206. The molecule has 0 radical (unpaired) electrons. The molecule has 0 saturated carbocycles. The first kappa shape index (κ1) is 11.9. The van der Waals surface area contributed by atoms with Gasteiger partial charge in [-0.25, -0.2) is 4.79 Å². The van der Waals surface area contributed by atoms with Crippen LogP contribution in [-0.2, 0) is 14.3 Å². The number of ether oxygens (including phenoxy) is 2. The zero-order valence-corrected chi connectivity index (χ0v) is 10.6. The number of benzene rings is 1. The fourth-order valence-electron chi connectivity index (χ4n) is 1.45. The Labute approximate surface area is 106 Å². The molecule has 2 rings (SSSR count). The second kappa shape index (κ2) is 4.75. The maximum atomic E-state index is 11.6. The molecule has 1 amide bonds. The predicted octanol–water partition coefficient (Wildman–Crippen LogP) is 1.71. The molecule has 1 aliphatic heterocycles. The highest BCUT2D eigenvalue weighted by molar-refractivity contribution is 9.10. The van der Waals surface area contributed by atoms with Crippen LogP contribution in [0.25, 0.3) is 0 Å². The Morgan fingerprint density at radius 1 is 1.59 bits per heavy atom. The minimum Gasteiger partial charge on any atom is -0.466 e. The van der Waals surface area contributed by atoms with Crippen molar-refractivity contribution in [2.24, 2.45) is 0 Å². The fourth-order valence-corrected chi connectivity index (χ4v) is 1.79. The second-order valence-electron chi connectivity index (χ2n) is 3.38. The van der Waals surface area contributed by atoms with Crippen LogP contribution in [0.4, 0.5) is 5.69 Å². The zero-order chi connectivity index (χ0) is 12.4. The van der Waals surface area contributed by atoms with Crippen molar-refractivity contribution in [3.05, 3.63) is 22.7 Å². The molecule has 1 N–H and O–H groups in total. The van der Waals surface area contributed by atoms with Gasteiger partial charge in [0, 0.05) is 4.47 Å². The van der Waals surface area contributed by atoms with Gasteiger partial charge >= 0.3 is 5.97 Å². The first-order chi connectivity index (χ1) is 8.11. The van der Waals surface area contributed by atoms with Crippen molar-refractivity contribution in [2.75, 3.05) is 11.9 Å². The highest BCUT2D eigenvalue weighted by atomic mass is 79.9. The molecule has 1 heterocycles. The third-order valence-corrected chi connectivity index (χ3v) is 2.68. The van der Waals surface area contributed by atoms with E-state index >= 15 is 0 Å². The molecule has 1 atom stereocenters. The van der Waals surface area contributed by atoms with E-state index in [2.05, 4.69) is 21.2 Å². The Morgan fingerprint density at radius 2 is 2.35 bits per heavy atom. The summed E-state index contributed by atoms with van der Waals surface area (Å²) in [5.41, 5.74) is 0.541. The summed E-state index contributed by atoms with van der Waals surface area (Å²) in [5, 5.41) is 2.59. The number of nitrogens with one attached hydrogen (secondary N) is 1. The molecule has 17 heavy (non-hydrogen) atoms. The van der Waals surface area contributed by atoms with Crippen molar-refractivity contribution in [3.8, 4) is 5.75 Å². The van der Waals surface area contributed by atoms with E-state index in [-0.39, 0.29) is 6.61 Å².